The van der Waals surface area contributed by atoms with Crippen LogP contribution in [-0.4, -0.2) is 22.5 Å². The quantitative estimate of drug-likeness (QED) is 0.511. The smallest absolute Gasteiger partial charge is 0.226 e. The molecule has 0 saturated heterocycles. The minimum Gasteiger partial charge on any atom is -0.344 e. The fraction of sp³-hybridized carbons (Fsp3) is 0.526. The molecule has 0 bridgehead atoms. The van der Waals surface area contributed by atoms with E-state index in [9.17, 15) is 4.79 Å². The van der Waals surface area contributed by atoms with Crippen LogP contribution in [0.3, 0.4) is 0 Å². The lowest BCUT2D eigenvalue weighted by atomic mass is 10.1. The molecule has 0 fully saturated rings. The summed E-state index contributed by atoms with van der Waals surface area (Å²) in [6.07, 6.45) is 6.45. The van der Waals surface area contributed by atoms with Crippen molar-refractivity contribution >= 4 is 23.2 Å². The van der Waals surface area contributed by atoms with Gasteiger partial charge in [-0.05, 0) is 24.2 Å². The molecule has 0 saturated carbocycles. The molecular weight excluding hydrogens is 318 g/mol. The van der Waals surface area contributed by atoms with Crippen LogP contribution in [0.5, 0.6) is 0 Å². The zero-order chi connectivity index (χ0) is 17.6. The van der Waals surface area contributed by atoms with Gasteiger partial charge in [-0.1, -0.05) is 62.9 Å². The van der Waals surface area contributed by atoms with Crippen molar-refractivity contribution in [1.82, 2.24) is 10.2 Å². The number of nitrogens with zero attached hydrogens (tertiary/aromatic N) is 2. The van der Waals surface area contributed by atoms with E-state index >= 15 is 0 Å². The minimum atomic E-state index is -0.0356. The van der Waals surface area contributed by atoms with Gasteiger partial charge in [-0.3, -0.25) is 4.79 Å². The molecular formula is C19H27N3OS. The summed E-state index contributed by atoms with van der Waals surface area (Å²) in [5.41, 5.74) is 1.10. The van der Waals surface area contributed by atoms with Crippen LogP contribution in [0.25, 0.3) is 0 Å². The van der Waals surface area contributed by atoms with Crippen LogP contribution in [0.1, 0.15) is 57.4 Å². The Hall–Kier alpha value is -1.93. The first-order valence-electron chi connectivity index (χ1n) is 8.67. The second-order valence-corrected chi connectivity index (χ2v) is 6.22. The van der Waals surface area contributed by atoms with Gasteiger partial charge in [0, 0.05) is 19.5 Å². The third kappa shape index (κ3) is 8.64. The minimum absolute atomic E-state index is 0.0356. The van der Waals surface area contributed by atoms with E-state index < -0.39 is 0 Å². The summed E-state index contributed by atoms with van der Waals surface area (Å²) in [5, 5.41) is 12.0. The third-order valence-corrected chi connectivity index (χ3v) is 4.11. The van der Waals surface area contributed by atoms with Crippen molar-refractivity contribution < 1.29 is 4.79 Å². The van der Waals surface area contributed by atoms with Gasteiger partial charge >= 0.3 is 0 Å². The molecule has 4 nitrogen and oxygen atoms in total. The van der Waals surface area contributed by atoms with Gasteiger partial charge < -0.3 is 10.2 Å². The van der Waals surface area contributed by atoms with Crippen molar-refractivity contribution in [3.8, 4) is 6.07 Å². The molecule has 1 aromatic carbocycles. The van der Waals surface area contributed by atoms with E-state index in [1.807, 2.05) is 35.2 Å². The number of thiocarbonyl (C=S) groups is 1. The van der Waals surface area contributed by atoms with E-state index in [1.54, 1.807) is 0 Å². The van der Waals surface area contributed by atoms with Crippen molar-refractivity contribution in [3.63, 3.8) is 0 Å². The fourth-order valence-corrected chi connectivity index (χ4v) is 2.66. The average Bonchev–Trinajstić information content (AvgIpc) is 2.59. The second kappa shape index (κ2) is 12.5. The summed E-state index contributed by atoms with van der Waals surface area (Å²) in [6.45, 7) is 3.28. The SMILES string of the molecule is CCCCCCCC(=O)NC(=S)N(CCC#N)Cc1ccccc1. The Balaban J connectivity index is 2.46. The molecule has 1 amide bonds. The largest absolute Gasteiger partial charge is 0.344 e. The monoisotopic (exact) mass is 345 g/mol. The lowest BCUT2D eigenvalue weighted by Crippen LogP contribution is -2.42. The highest BCUT2D eigenvalue weighted by molar-refractivity contribution is 7.80. The lowest BCUT2D eigenvalue weighted by Gasteiger charge is -2.24. The van der Waals surface area contributed by atoms with Crippen LogP contribution >= 0.6 is 12.2 Å². The van der Waals surface area contributed by atoms with Crippen molar-refractivity contribution in [1.29, 1.82) is 5.26 Å². The van der Waals surface area contributed by atoms with Crippen molar-refractivity contribution in [2.24, 2.45) is 0 Å². The highest BCUT2D eigenvalue weighted by Gasteiger charge is 2.13. The standard InChI is InChI=1S/C19H27N3OS/c1-2-3-4-5-9-13-18(23)21-19(24)22(15-10-14-20)16-17-11-7-6-8-12-17/h6-8,11-12H,2-5,9-10,13,15-16H2,1H3,(H,21,23,24). The topological polar surface area (TPSA) is 56.1 Å². The first-order chi connectivity index (χ1) is 11.7. The molecule has 130 valence electrons. The summed E-state index contributed by atoms with van der Waals surface area (Å²) in [7, 11) is 0. The van der Waals surface area contributed by atoms with Crippen LogP contribution in [0.2, 0.25) is 0 Å². The van der Waals surface area contributed by atoms with Crippen LogP contribution in [0.15, 0.2) is 30.3 Å². The maximum absolute atomic E-state index is 12.0. The molecule has 1 rings (SSSR count). The number of unbranched alkanes of at least 4 members (excludes halogenated alkanes) is 4. The molecule has 1 aromatic rings. The number of hydrogen-bond acceptors (Lipinski definition) is 3. The van der Waals surface area contributed by atoms with Gasteiger partial charge in [0.25, 0.3) is 0 Å². The zero-order valence-electron chi connectivity index (χ0n) is 14.5. The first-order valence-corrected chi connectivity index (χ1v) is 9.07. The number of carbonyl (C=O) groups excluding carboxylic acids is 1. The molecule has 24 heavy (non-hydrogen) atoms. The Morgan fingerprint density at radius 2 is 1.92 bits per heavy atom. The highest BCUT2D eigenvalue weighted by Crippen LogP contribution is 2.07. The predicted octanol–water partition coefficient (Wildman–Crippen LogP) is 4.16. The Labute approximate surface area is 150 Å². The van der Waals surface area contributed by atoms with Crippen LogP contribution in [-0.2, 0) is 11.3 Å². The van der Waals surface area contributed by atoms with Gasteiger partial charge in [-0.2, -0.15) is 5.26 Å². The van der Waals surface area contributed by atoms with E-state index in [0.717, 1.165) is 18.4 Å². The van der Waals surface area contributed by atoms with E-state index in [4.69, 9.17) is 17.5 Å². The lowest BCUT2D eigenvalue weighted by molar-refractivity contribution is -0.119. The summed E-state index contributed by atoms with van der Waals surface area (Å²) < 4.78 is 0. The fourth-order valence-electron chi connectivity index (χ4n) is 2.39. The molecule has 0 aliphatic carbocycles. The Morgan fingerprint density at radius 1 is 1.21 bits per heavy atom. The summed E-state index contributed by atoms with van der Waals surface area (Å²) in [4.78, 5) is 13.9. The number of rotatable bonds is 10. The van der Waals surface area contributed by atoms with Crippen LogP contribution in [0, 0.1) is 11.3 Å². The summed E-state index contributed by atoms with van der Waals surface area (Å²) in [5.74, 6) is -0.0356. The molecule has 0 aliphatic heterocycles. The average molecular weight is 346 g/mol. The van der Waals surface area contributed by atoms with Crippen molar-refractivity contribution in [2.45, 2.75) is 58.4 Å². The molecule has 0 atom stereocenters. The molecule has 0 spiro atoms. The molecule has 0 radical (unpaired) electrons. The van der Waals surface area contributed by atoms with Gasteiger partial charge in [0.15, 0.2) is 5.11 Å². The molecule has 0 heterocycles. The molecule has 5 heteroatoms. The Kier molecular flexibility index (Phi) is 10.5. The van der Waals surface area contributed by atoms with Gasteiger partial charge in [0.2, 0.25) is 5.91 Å². The van der Waals surface area contributed by atoms with E-state index in [1.165, 1.54) is 19.3 Å². The summed E-state index contributed by atoms with van der Waals surface area (Å²) in [6, 6.07) is 12.1. The number of benzene rings is 1. The maximum atomic E-state index is 12.0. The van der Waals surface area contributed by atoms with Crippen molar-refractivity contribution in [3.05, 3.63) is 35.9 Å². The zero-order valence-corrected chi connectivity index (χ0v) is 15.3. The first kappa shape index (κ1) is 20.1. The number of nitriles is 1. The predicted molar refractivity (Wildman–Crippen MR) is 101 cm³/mol. The number of hydrogen-bond donors (Lipinski definition) is 1. The highest BCUT2D eigenvalue weighted by atomic mass is 32.1. The van der Waals surface area contributed by atoms with E-state index in [-0.39, 0.29) is 5.91 Å². The number of amides is 1. The Morgan fingerprint density at radius 3 is 2.58 bits per heavy atom. The molecule has 0 unspecified atom stereocenters. The summed E-state index contributed by atoms with van der Waals surface area (Å²) >= 11 is 5.37. The normalized spacial score (nSPS) is 10.0. The number of carbonyl (C=O) groups is 1. The van der Waals surface area contributed by atoms with Crippen LogP contribution in [0.4, 0.5) is 0 Å². The van der Waals surface area contributed by atoms with Gasteiger partial charge in [0.1, 0.15) is 0 Å². The van der Waals surface area contributed by atoms with Crippen molar-refractivity contribution in [2.75, 3.05) is 6.54 Å². The second-order valence-electron chi connectivity index (χ2n) is 5.83. The van der Waals surface area contributed by atoms with Gasteiger partial charge in [-0.25, -0.2) is 0 Å². The van der Waals surface area contributed by atoms with Gasteiger partial charge in [-0.15, -0.1) is 0 Å². The van der Waals surface area contributed by atoms with E-state index in [0.29, 0.717) is 31.0 Å². The van der Waals surface area contributed by atoms with E-state index in [2.05, 4.69) is 18.3 Å². The van der Waals surface area contributed by atoms with Gasteiger partial charge in [0.05, 0.1) is 12.5 Å². The molecule has 1 N–H and O–H groups in total. The molecule has 0 aromatic heterocycles. The number of nitrogens with one attached hydrogen (secondary N) is 1. The molecule has 0 aliphatic rings. The van der Waals surface area contributed by atoms with Crippen LogP contribution < -0.4 is 5.32 Å². The maximum Gasteiger partial charge on any atom is 0.226 e. The Bertz CT molecular complexity index is 539. The third-order valence-electron chi connectivity index (χ3n) is 3.75.